The van der Waals surface area contributed by atoms with E-state index < -0.39 is 0 Å². The highest BCUT2D eigenvalue weighted by atomic mass is 16.5. The molecule has 1 rings (SSSR count). The van der Waals surface area contributed by atoms with Crippen LogP contribution in [0.25, 0.3) is 0 Å². The molecule has 0 heterocycles. The number of carbonyl (C=O) groups excluding carboxylic acids is 1. The van der Waals surface area contributed by atoms with E-state index in [1.54, 1.807) is 0 Å². The van der Waals surface area contributed by atoms with Gasteiger partial charge in [-0.2, -0.15) is 0 Å². The monoisotopic (exact) mass is 250 g/mol. The molecule has 18 heavy (non-hydrogen) atoms. The van der Waals surface area contributed by atoms with Gasteiger partial charge in [0.1, 0.15) is 5.75 Å². The quantitative estimate of drug-likeness (QED) is 0.524. The van der Waals surface area contributed by atoms with Crippen molar-refractivity contribution in [3.63, 3.8) is 0 Å². The SMILES string of the molecule is CCOC(=O)CCCCc1ccccc1OCC. The van der Waals surface area contributed by atoms with E-state index in [9.17, 15) is 4.79 Å². The second-order valence-electron chi connectivity index (χ2n) is 4.05. The highest BCUT2D eigenvalue weighted by Gasteiger charge is 2.04. The summed E-state index contributed by atoms with van der Waals surface area (Å²) in [5.41, 5.74) is 1.21. The maximum atomic E-state index is 11.2. The predicted molar refractivity (Wildman–Crippen MR) is 71.8 cm³/mol. The maximum Gasteiger partial charge on any atom is 0.305 e. The second kappa shape index (κ2) is 8.56. The Bertz CT molecular complexity index is 361. The van der Waals surface area contributed by atoms with Crippen molar-refractivity contribution in [2.75, 3.05) is 13.2 Å². The lowest BCUT2D eigenvalue weighted by atomic mass is 10.1. The van der Waals surface area contributed by atoms with E-state index in [4.69, 9.17) is 9.47 Å². The highest BCUT2D eigenvalue weighted by molar-refractivity contribution is 5.69. The lowest BCUT2D eigenvalue weighted by Crippen LogP contribution is -2.03. The minimum absolute atomic E-state index is 0.101. The first-order valence-electron chi connectivity index (χ1n) is 6.64. The summed E-state index contributed by atoms with van der Waals surface area (Å²) in [5.74, 6) is 0.853. The van der Waals surface area contributed by atoms with Gasteiger partial charge in [0.25, 0.3) is 0 Å². The normalized spacial score (nSPS) is 10.1. The number of rotatable bonds is 8. The van der Waals surface area contributed by atoms with E-state index in [-0.39, 0.29) is 5.97 Å². The van der Waals surface area contributed by atoms with Crippen molar-refractivity contribution in [1.82, 2.24) is 0 Å². The summed E-state index contributed by atoms with van der Waals surface area (Å²) >= 11 is 0. The van der Waals surface area contributed by atoms with Gasteiger partial charge in [-0.15, -0.1) is 0 Å². The van der Waals surface area contributed by atoms with Gasteiger partial charge in [-0.1, -0.05) is 18.2 Å². The van der Waals surface area contributed by atoms with E-state index in [2.05, 4.69) is 6.07 Å². The number of aryl methyl sites for hydroxylation is 1. The van der Waals surface area contributed by atoms with Gasteiger partial charge in [-0.05, 0) is 44.7 Å². The molecule has 0 aliphatic heterocycles. The molecule has 3 nitrogen and oxygen atoms in total. The van der Waals surface area contributed by atoms with Gasteiger partial charge in [0.05, 0.1) is 13.2 Å². The lowest BCUT2D eigenvalue weighted by molar-refractivity contribution is -0.143. The van der Waals surface area contributed by atoms with Crippen LogP contribution in [0.15, 0.2) is 24.3 Å². The average molecular weight is 250 g/mol. The summed E-state index contributed by atoms with van der Waals surface area (Å²) < 4.78 is 10.5. The van der Waals surface area contributed by atoms with Crippen molar-refractivity contribution >= 4 is 5.97 Å². The molecule has 0 radical (unpaired) electrons. The topological polar surface area (TPSA) is 35.5 Å². The molecule has 0 bridgehead atoms. The molecule has 0 unspecified atom stereocenters. The Morgan fingerprint density at radius 2 is 1.89 bits per heavy atom. The van der Waals surface area contributed by atoms with E-state index in [1.807, 2.05) is 32.0 Å². The summed E-state index contributed by atoms with van der Waals surface area (Å²) in [5, 5.41) is 0. The van der Waals surface area contributed by atoms with Crippen molar-refractivity contribution in [3.05, 3.63) is 29.8 Å². The maximum absolute atomic E-state index is 11.2. The van der Waals surface area contributed by atoms with Crippen LogP contribution in [0, 0.1) is 0 Å². The second-order valence-corrected chi connectivity index (χ2v) is 4.05. The van der Waals surface area contributed by atoms with Crippen LogP contribution in [-0.4, -0.2) is 19.2 Å². The van der Waals surface area contributed by atoms with E-state index in [0.717, 1.165) is 25.0 Å². The molecule has 0 aliphatic rings. The third-order valence-electron chi connectivity index (χ3n) is 2.65. The third kappa shape index (κ3) is 5.21. The zero-order valence-corrected chi connectivity index (χ0v) is 11.3. The zero-order chi connectivity index (χ0) is 13.2. The summed E-state index contributed by atoms with van der Waals surface area (Å²) in [4.78, 5) is 11.2. The molecule has 0 N–H and O–H groups in total. The molecule has 0 amide bonds. The molecule has 3 heteroatoms. The smallest absolute Gasteiger partial charge is 0.305 e. The van der Waals surface area contributed by atoms with Crippen LogP contribution in [0.5, 0.6) is 5.75 Å². The fourth-order valence-corrected chi connectivity index (χ4v) is 1.82. The van der Waals surface area contributed by atoms with Crippen molar-refractivity contribution in [1.29, 1.82) is 0 Å². The van der Waals surface area contributed by atoms with Gasteiger partial charge in [0.2, 0.25) is 0 Å². The number of hydrogen-bond acceptors (Lipinski definition) is 3. The molecule has 100 valence electrons. The largest absolute Gasteiger partial charge is 0.494 e. The van der Waals surface area contributed by atoms with E-state index in [0.29, 0.717) is 19.6 Å². The number of para-hydroxylation sites is 1. The molecule has 0 saturated heterocycles. The minimum Gasteiger partial charge on any atom is -0.494 e. The standard InChI is InChI=1S/C15H22O3/c1-3-17-14-11-7-5-9-13(14)10-6-8-12-15(16)18-4-2/h5,7,9,11H,3-4,6,8,10,12H2,1-2H3. The molecule has 0 atom stereocenters. The number of ether oxygens (including phenoxy) is 2. The van der Waals surface area contributed by atoms with Crippen LogP contribution in [0.1, 0.15) is 38.7 Å². The number of unbranched alkanes of at least 4 members (excludes halogenated alkanes) is 1. The zero-order valence-electron chi connectivity index (χ0n) is 11.3. The summed E-state index contributed by atoms with van der Waals surface area (Å²) in [6.07, 6.45) is 3.28. The summed E-state index contributed by atoms with van der Waals surface area (Å²) in [6, 6.07) is 8.07. The number of benzene rings is 1. The molecule has 1 aromatic rings. The van der Waals surface area contributed by atoms with E-state index in [1.165, 1.54) is 5.56 Å². The molecular formula is C15H22O3. The first kappa shape index (κ1) is 14.6. The molecule has 0 spiro atoms. The van der Waals surface area contributed by atoms with E-state index >= 15 is 0 Å². The Balaban J connectivity index is 2.32. The van der Waals surface area contributed by atoms with Crippen LogP contribution in [0.4, 0.5) is 0 Å². The molecular weight excluding hydrogens is 228 g/mol. The Labute approximate surface area is 109 Å². The highest BCUT2D eigenvalue weighted by Crippen LogP contribution is 2.20. The number of esters is 1. The van der Waals surface area contributed by atoms with Crippen LogP contribution < -0.4 is 4.74 Å². The van der Waals surface area contributed by atoms with Crippen LogP contribution in [0.3, 0.4) is 0 Å². The van der Waals surface area contributed by atoms with Gasteiger partial charge < -0.3 is 9.47 Å². The van der Waals surface area contributed by atoms with Crippen molar-refractivity contribution in [3.8, 4) is 5.75 Å². The van der Waals surface area contributed by atoms with Crippen molar-refractivity contribution in [2.45, 2.75) is 39.5 Å². The van der Waals surface area contributed by atoms with Crippen molar-refractivity contribution < 1.29 is 14.3 Å². The first-order chi connectivity index (χ1) is 8.77. The summed E-state index contributed by atoms with van der Waals surface area (Å²) in [7, 11) is 0. The molecule has 0 aliphatic carbocycles. The molecule has 1 aromatic carbocycles. The first-order valence-corrected chi connectivity index (χ1v) is 6.64. The van der Waals surface area contributed by atoms with Gasteiger partial charge in [0.15, 0.2) is 0 Å². The Morgan fingerprint density at radius 1 is 1.11 bits per heavy atom. The van der Waals surface area contributed by atoms with Gasteiger partial charge >= 0.3 is 5.97 Å². The summed E-state index contributed by atoms with van der Waals surface area (Å²) in [6.45, 7) is 4.96. The Hall–Kier alpha value is -1.51. The Kier molecular flexibility index (Phi) is 6.92. The minimum atomic E-state index is -0.101. The lowest BCUT2D eigenvalue weighted by Gasteiger charge is -2.09. The van der Waals surface area contributed by atoms with Crippen LogP contribution >= 0.6 is 0 Å². The van der Waals surface area contributed by atoms with Gasteiger partial charge in [-0.3, -0.25) is 4.79 Å². The fraction of sp³-hybridized carbons (Fsp3) is 0.533. The molecule has 0 fully saturated rings. The fourth-order valence-electron chi connectivity index (χ4n) is 1.82. The number of hydrogen-bond donors (Lipinski definition) is 0. The predicted octanol–water partition coefficient (Wildman–Crippen LogP) is 3.36. The van der Waals surface area contributed by atoms with Crippen LogP contribution in [-0.2, 0) is 16.0 Å². The van der Waals surface area contributed by atoms with Gasteiger partial charge in [0, 0.05) is 6.42 Å². The average Bonchev–Trinajstić information content (AvgIpc) is 2.37. The Morgan fingerprint density at radius 3 is 2.61 bits per heavy atom. The molecule has 0 aromatic heterocycles. The number of carbonyl (C=O) groups is 1. The molecule has 0 saturated carbocycles. The third-order valence-corrected chi connectivity index (χ3v) is 2.65. The van der Waals surface area contributed by atoms with Crippen molar-refractivity contribution in [2.24, 2.45) is 0 Å². The van der Waals surface area contributed by atoms with Crippen LogP contribution in [0.2, 0.25) is 0 Å². The van der Waals surface area contributed by atoms with Gasteiger partial charge in [-0.25, -0.2) is 0 Å².